The molecule has 1 aliphatic heterocycles. The van der Waals surface area contributed by atoms with Crippen molar-refractivity contribution >= 4 is 28.7 Å². The average Bonchev–Trinajstić information content (AvgIpc) is 3.07. The van der Waals surface area contributed by atoms with Gasteiger partial charge in [0.1, 0.15) is 17.4 Å². The molecule has 0 spiro atoms. The fourth-order valence-corrected chi connectivity index (χ4v) is 3.75. The SMILES string of the molecule is Cc1cc(Cl)cc(O)c1-c1nc2nc(N3CCC(C)(O)C3)cnc2n1C. The summed E-state index contributed by atoms with van der Waals surface area (Å²) < 4.78 is 1.81. The molecule has 1 atom stereocenters. The lowest BCUT2D eigenvalue weighted by Crippen LogP contribution is -2.30. The maximum Gasteiger partial charge on any atom is 0.200 e. The first-order chi connectivity index (χ1) is 12.2. The van der Waals surface area contributed by atoms with Crippen LogP contribution in [0.1, 0.15) is 18.9 Å². The summed E-state index contributed by atoms with van der Waals surface area (Å²) in [5.74, 6) is 1.35. The molecule has 1 saturated heterocycles. The molecule has 0 amide bonds. The van der Waals surface area contributed by atoms with Crippen molar-refractivity contribution < 1.29 is 10.2 Å². The fraction of sp³-hybridized carbons (Fsp3) is 0.389. The Morgan fingerprint density at radius 1 is 1.27 bits per heavy atom. The standard InChI is InChI=1S/C18H20ClN5O2/c1-10-6-11(19)7-12(25)14(10)16-22-15-17(23(16)3)20-8-13(21-15)24-5-4-18(2,26)9-24/h6-8,25-26H,4-5,9H2,1-3H3. The van der Waals surface area contributed by atoms with Crippen LogP contribution in [0.15, 0.2) is 18.3 Å². The Hall–Kier alpha value is -2.38. The summed E-state index contributed by atoms with van der Waals surface area (Å²) in [4.78, 5) is 15.7. The van der Waals surface area contributed by atoms with Crippen molar-refractivity contribution in [2.24, 2.45) is 7.05 Å². The monoisotopic (exact) mass is 373 g/mol. The molecule has 0 radical (unpaired) electrons. The normalized spacial score (nSPS) is 20.3. The molecule has 26 heavy (non-hydrogen) atoms. The van der Waals surface area contributed by atoms with Crippen LogP contribution in [0.2, 0.25) is 5.02 Å². The third-order valence-electron chi connectivity index (χ3n) is 4.85. The van der Waals surface area contributed by atoms with Gasteiger partial charge in [0.25, 0.3) is 0 Å². The Balaban J connectivity index is 1.81. The van der Waals surface area contributed by atoms with E-state index in [0.717, 1.165) is 12.1 Å². The molecule has 136 valence electrons. The molecule has 0 aliphatic carbocycles. The molecule has 3 heterocycles. The summed E-state index contributed by atoms with van der Waals surface area (Å²) in [5.41, 5.74) is 1.85. The highest BCUT2D eigenvalue weighted by Crippen LogP contribution is 2.35. The maximum atomic E-state index is 10.3. The number of nitrogens with zero attached hydrogens (tertiary/aromatic N) is 5. The van der Waals surface area contributed by atoms with E-state index in [1.165, 1.54) is 6.07 Å². The Kier molecular flexibility index (Phi) is 3.82. The number of benzene rings is 1. The van der Waals surface area contributed by atoms with Crippen LogP contribution in [0.4, 0.5) is 5.82 Å². The van der Waals surface area contributed by atoms with Crippen LogP contribution in [0.5, 0.6) is 5.75 Å². The molecule has 4 rings (SSSR count). The number of aliphatic hydroxyl groups is 1. The smallest absolute Gasteiger partial charge is 0.200 e. The molecule has 8 heteroatoms. The highest BCUT2D eigenvalue weighted by Gasteiger charge is 2.32. The molecule has 0 saturated carbocycles. The summed E-state index contributed by atoms with van der Waals surface area (Å²) >= 11 is 6.01. The summed E-state index contributed by atoms with van der Waals surface area (Å²) in [6.45, 7) is 4.94. The Labute approximate surface area is 155 Å². The van der Waals surface area contributed by atoms with E-state index in [-0.39, 0.29) is 5.75 Å². The number of halogens is 1. The third kappa shape index (κ3) is 2.77. The van der Waals surface area contributed by atoms with Gasteiger partial charge in [-0.2, -0.15) is 0 Å². The second kappa shape index (κ2) is 5.82. The Bertz CT molecular complexity index is 991. The molecule has 1 fully saturated rings. The summed E-state index contributed by atoms with van der Waals surface area (Å²) in [6.07, 6.45) is 2.39. The van der Waals surface area contributed by atoms with Crippen LogP contribution in [-0.2, 0) is 7.05 Å². The molecule has 1 aliphatic rings. The number of hydrogen-bond acceptors (Lipinski definition) is 6. The van der Waals surface area contributed by atoms with E-state index in [1.54, 1.807) is 12.3 Å². The third-order valence-corrected chi connectivity index (χ3v) is 5.07. The van der Waals surface area contributed by atoms with E-state index in [2.05, 4.69) is 15.0 Å². The molecule has 7 nitrogen and oxygen atoms in total. The van der Waals surface area contributed by atoms with Gasteiger partial charge in [-0.25, -0.2) is 15.0 Å². The highest BCUT2D eigenvalue weighted by molar-refractivity contribution is 6.31. The first-order valence-electron chi connectivity index (χ1n) is 8.41. The topological polar surface area (TPSA) is 87.3 Å². The van der Waals surface area contributed by atoms with Crippen LogP contribution >= 0.6 is 11.6 Å². The zero-order valence-electron chi connectivity index (χ0n) is 14.9. The van der Waals surface area contributed by atoms with Gasteiger partial charge in [-0.05, 0) is 38.0 Å². The minimum absolute atomic E-state index is 0.0734. The van der Waals surface area contributed by atoms with Gasteiger partial charge in [0.15, 0.2) is 11.3 Å². The summed E-state index contributed by atoms with van der Waals surface area (Å²) in [7, 11) is 1.84. The lowest BCUT2D eigenvalue weighted by molar-refractivity contribution is 0.0839. The van der Waals surface area contributed by atoms with Gasteiger partial charge in [-0.15, -0.1) is 0 Å². The number of fused-ring (bicyclic) bond motifs is 1. The average molecular weight is 374 g/mol. The molecular weight excluding hydrogens is 354 g/mol. The molecule has 3 aromatic rings. The second-order valence-corrected chi connectivity index (χ2v) is 7.59. The van der Waals surface area contributed by atoms with Crippen LogP contribution in [0.3, 0.4) is 0 Å². The van der Waals surface area contributed by atoms with Crippen molar-refractivity contribution in [1.82, 2.24) is 19.5 Å². The Morgan fingerprint density at radius 3 is 2.69 bits per heavy atom. The Morgan fingerprint density at radius 2 is 2.04 bits per heavy atom. The first-order valence-corrected chi connectivity index (χ1v) is 8.79. The molecular formula is C18H20ClN5O2. The molecule has 2 aromatic heterocycles. The lowest BCUT2D eigenvalue weighted by atomic mass is 10.1. The van der Waals surface area contributed by atoms with Crippen LogP contribution in [0.25, 0.3) is 22.7 Å². The largest absolute Gasteiger partial charge is 0.507 e. The second-order valence-electron chi connectivity index (χ2n) is 7.16. The van der Waals surface area contributed by atoms with E-state index in [9.17, 15) is 10.2 Å². The summed E-state index contributed by atoms with van der Waals surface area (Å²) in [5, 5.41) is 21.0. The number of aromatic hydroxyl groups is 1. The van der Waals surface area contributed by atoms with Crippen molar-refractivity contribution in [2.75, 3.05) is 18.0 Å². The van der Waals surface area contributed by atoms with E-state index in [0.29, 0.717) is 46.5 Å². The predicted molar refractivity (Wildman–Crippen MR) is 101 cm³/mol. The number of aromatic nitrogens is 4. The highest BCUT2D eigenvalue weighted by atomic mass is 35.5. The molecule has 1 unspecified atom stereocenters. The van der Waals surface area contributed by atoms with Crippen molar-refractivity contribution in [3.05, 3.63) is 28.9 Å². The number of aryl methyl sites for hydroxylation is 2. The number of imidazole rings is 1. The first kappa shape index (κ1) is 17.1. The zero-order chi connectivity index (χ0) is 18.6. The molecule has 2 N–H and O–H groups in total. The van der Waals surface area contributed by atoms with Crippen LogP contribution in [-0.4, -0.2) is 48.4 Å². The summed E-state index contributed by atoms with van der Waals surface area (Å²) in [6, 6.07) is 3.29. The van der Waals surface area contributed by atoms with Gasteiger partial charge in [0.05, 0.1) is 17.4 Å². The van der Waals surface area contributed by atoms with Gasteiger partial charge in [-0.1, -0.05) is 11.6 Å². The van der Waals surface area contributed by atoms with Crippen molar-refractivity contribution in [1.29, 1.82) is 0 Å². The van der Waals surface area contributed by atoms with Crippen molar-refractivity contribution in [2.45, 2.75) is 25.9 Å². The van der Waals surface area contributed by atoms with Gasteiger partial charge < -0.3 is 19.7 Å². The van der Waals surface area contributed by atoms with Gasteiger partial charge >= 0.3 is 0 Å². The van der Waals surface area contributed by atoms with Gasteiger partial charge in [0, 0.05) is 25.2 Å². The number of phenolic OH excluding ortho intramolecular Hbond substituents is 1. The number of rotatable bonds is 2. The van der Waals surface area contributed by atoms with Gasteiger partial charge in [0.2, 0.25) is 0 Å². The van der Waals surface area contributed by atoms with E-state index in [1.807, 2.05) is 30.4 Å². The fourth-order valence-electron chi connectivity index (χ4n) is 3.48. The number of hydrogen-bond donors (Lipinski definition) is 2. The van der Waals surface area contributed by atoms with Crippen molar-refractivity contribution in [3.8, 4) is 17.1 Å². The van der Waals surface area contributed by atoms with E-state index < -0.39 is 5.60 Å². The van der Waals surface area contributed by atoms with Crippen LogP contribution < -0.4 is 4.90 Å². The number of anilines is 1. The number of β-amino-alcohol motifs (C(OH)–C–C–N with tert-alkyl or cyclic N) is 1. The van der Waals surface area contributed by atoms with Crippen LogP contribution in [0, 0.1) is 6.92 Å². The quantitative estimate of drug-likeness (QED) is 0.718. The molecule has 0 bridgehead atoms. The minimum atomic E-state index is -0.710. The maximum absolute atomic E-state index is 10.3. The minimum Gasteiger partial charge on any atom is -0.507 e. The van der Waals surface area contributed by atoms with Crippen molar-refractivity contribution in [3.63, 3.8) is 0 Å². The lowest BCUT2D eigenvalue weighted by Gasteiger charge is -2.19. The van der Waals surface area contributed by atoms with Gasteiger partial charge in [-0.3, -0.25) is 0 Å². The predicted octanol–water partition coefficient (Wildman–Crippen LogP) is 2.66. The number of phenols is 1. The zero-order valence-corrected chi connectivity index (χ0v) is 15.6. The van der Waals surface area contributed by atoms with E-state index in [4.69, 9.17) is 11.6 Å². The molecule has 1 aromatic carbocycles. The van der Waals surface area contributed by atoms with E-state index >= 15 is 0 Å².